The minimum atomic E-state index is -1.31. The number of nitriles is 1. The van der Waals surface area contributed by atoms with Crippen LogP contribution in [0.5, 0.6) is 0 Å². The largest absolute Gasteiger partial charge is 0.391 e. The number of rotatable bonds is 5. The van der Waals surface area contributed by atoms with Gasteiger partial charge in [0.25, 0.3) is 5.91 Å². The highest BCUT2D eigenvalue weighted by atomic mass is 19.1. The predicted molar refractivity (Wildman–Crippen MR) is 111 cm³/mol. The first-order valence-electron chi connectivity index (χ1n) is 10.1. The highest BCUT2D eigenvalue weighted by Gasteiger charge is 2.39. The number of halogens is 2. The van der Waals surface area contributed by atoms with Crippen LogP contribution in [-0.4, -0.2) is 60.9 Å². The molecule has 1 amide bonds. The van der Waals surface area contributed by atoms with E-state index in [0.29, 0.717) is 22.4 Å². The highest BCUT2D eigenvalue weighted by Crippen LogP contribution is 2.36. The summed E-state index contributed by atoms with van der Waals surface area (Å²) in [6.45, 7) is 3.17. The smallest absolute Gasteiger partial charge is 0.275 e. The zero-order valence-corrected chi connectivity index (χ0v) is 17.4. The number of benzene rings is 1. The Labute approximate surface area is 182 Å². The summed E-state index contributed by atoms with van der Waals surface area (Å²) in [5.41, 5.74) is 0.713. The fraction of sp³-hybridized carbons (Fsp3) is 0.381. The second-order valence-electron chi connectivity index (χ2n) is 7.88. The van der Waals surface area contributed by atoms with Crippen molar-refractivity contribution >= 4 is 22.8 Å². The lowest BCUT2D eigenvalue weighted by Crippen LogP contribution is -2.32. The molecule has 4 atom stereocenters. The number of aromatic nitrogens is 4. The van der Waals surface area contributed by atoms with E-state index in [-0.39, 0.29) is 30.3 Å². The van der Waals surface area contributed by atoms with Crippen molar-refractivity contribution in [1.82, 2.24) is 25.1 Å². The number of aliphatic hydroxyl groups is 1. The monoisotopic (exact) mass is 441 g/mol. The number of hydrogen-bond donors (Lipinski definition) is 3. The fourth-order valence-corrected chi connectivity index (χ4v) is 3.79. The van der Waals surface area contributed by atoms with Crippen LogP contribution in [0.4, 0.5) is 14.6 Å². The van der Waals surface area contributed by atoms with E-state index in [0.717, 1.165) is 6.07 Å². The van der Waals surface area contributed by atoms with E-state index in [1.54, 1.807) is 13.8 Å². The van der Waals surface area contributed by atoms with Crippen LogP contribution in [0.2, 0.25) is 0 Å². The molecule has 3 heterocycles. The van der Waals surface area contributed by atoms with Crippen molar-refractivity contribution in [3.8, 4) is 6.07 Å². The van der Waals surface area contributed by atoms with Crippen LogP contribution in [0.15, 0.2) is 24.5 Å². The van der Waals surface area contributed by atoms with E-state index >= 15 is 0 Å². The first-order valence-corrected chi connectivity index (χ1v) is 10.1. The number of carbonyl (C=O) groups excluding carboxylic acids is 1. The number of nitrogens with one attached hydrogen (secondary N) is 2. The van der Waals surface area contributed by atoms with Crippen molar-refractivity contribution in [2.24, 2.45) is 0 Å². The minimum absolute atomic E-state index is 0.0168. The Morgan fingerprint density at radius 1 is 1.38 bits per heavy atom. The molecule has 4 rings (SSSR count). The van der Waals surface area contributed by atoms with Gasteiger partial charge in [-0.25, -0.2) is 18.7 Å². The van der Waals surface area contributed by atoms with E-state index in [4.69, 9.17) is 5.26 Å². The minimum Gasteiger partial charge on any atom is -0.391 e. The molecule has 1 aliphatic rings. The normalized spacial score (nSPS) is 20.2. The van der Waals surface area contributed by atoms with Crippen LogP contribution in [0, 0.1) is 17.1 Å². The van der Waals surface area contributed by atoms with Gasteiger partial charge in [0.15, 0.2) is 11.3 Å². The van der Waals surface area contributed by atoms with Crippen LogP contribution < -0.4 is 5.32 Å². The van der Waals surface area contributed by atoms with Gasteiger partial charge in [-0.15, -0.1) is 0 Å². The molecule has 11 heteroatoms. The molecular formula is C21H21F2N7O2. The number of nitrogens with zero attached hydrogens (tertiary/aromatic N) is 5. The van der Waals surface area contributed by atoms with Crippen molar-refractivity contribution < 1.29 is 18.7 Å². The van der Waals surface area contributed by atoms with Gasteiger partial charge in [-0.1, -0.05) is 0 Å². The number of aromatic amines is 1. The van der Waals surface area contributed by atoms with Gasteiger partial charge in [-0.05, 0) is 37.6 Å². The number of hydrogen-bond acceptors (Lipinski definition) is 7. The van der Waals surface area contributed by atoms with Gasteiger partial charge in [0.2, 0.25) is 0 Å². The van der Waals surface area contributed by atoms with Crippen LogP contribution in [0.1, 0.15) is 47.9 Å². The number of anilines is 1. The third-order valence-corrected chi connectivity index (χ3v) is 5.59. The van der Waals surface area contributed by atoms with Gasteiger partial charge in [-0.2, -0.15) is 10.4 Å². The molecule has 1 aliphatic heterocycles. The highest BCUT2D eigenvalue weighted by molar-refractivity contribution is 6.07. The van der Waals surface area contributed by atoms with Gasteiger partial charge < -0.3 is 15.3 Å². The van der Waals surface area contributed by atoms with Gasteiger partial charge in [0.1, 0.15) is 24.1 Å². The van der Waals surface area contributed by atoms with E-state index in [1.807, 2.05) is 6.07 Å². The Hall–Kier alpha value is -3.65. The van der Waals surface area contributed by atoms with E-state index in [1.165, 1.54) is 23.4 Å². The molecule has 32 heavy (non-hydrogen) atoms. The Kier molecular flexibility index (Phi) is 5.71. The third kappa shape index (κ3) is 3.97. The van der Waals surface area contributed by atoms with Crippen molar-refractivity contribution in [2.45, 2.75) is 44.6 Å². The molecular weight excluding hydrogens is 420 g/mol. The summed E-state index contributed by atoms with van der Waals surface area (Å²) in [7, 11) is 0. The van der Waals surface area contributed by atoms with E-state index in [9.17, 15) is 18.7 Å². The molecule has 1 aromatic carbocycles. The lowest BCUT2D eigenvalue weighted by atomic mass is 10.0. The standard InChI is InChI=1S/C21H21F2N7O2/c1-10(11(2)31)27-19-17-18(28-29-20(17)26-9-25-19)21(32)30-8-15(23)6-16(30)13-3-12(7-24)4-14(22)5-13/h3-5,9-11,15-16,31H,6,8H2,1-2H3,(H2,25,26,27,28,29)/t10-,11-,15+,16-/m1/s1. The number of fused-ring (bicyclic) bond motifs is 1. The number of carbonyl (C=O) groups is 1. The average Bonchev–Trinajstić information content (AvgIpc) is 3.37. The molecule has 1 fully saturated rings. The molecule has 0 unspecified atom stereocenters. The molecule has 0 bridgehead atoms. The molecule has 9 nitrogen and oxygen atoms in total. The molecule has 1 saturated heterocycles. The molecule has 166 valence electrons. The molecule has 2 aromatic heterocycles. The topological polar surface area (TPSA) is 131 Å². The number of aliphatic hydroxyl groups excluding tert-OH is 1. The van der Waals surface area contributed by atoms with Crippen molar-refractivity contribution in [1.29, 1.82) is 5.26 Å². The maximum Gasteiger partial charge on any atom is 0.275 e. The summed E-state index contributed by atoms with van der Waals surface area (Å²) < 4.78 is 28.4. The van der Waals surface area contributed by atoms with Gasteiger partial charge >= 0.3 is 0 Å². The van der Waals surface area contributed by atoms with Crippen molar-refractivity contribution in [3.63, 3.8) is 0 Å². The molecule has 3 aromatic rings. The van der Waals surface area contributed by atoms with Crippen LogP contribution in [0.25, 0.3) is 11.0 Å². The van der Waals surface area contributed by atoms with Gasteiger partial charge in [0.05, 0.1) is 41.8 Å². The van der Waals surface area contributed by atoms with Crippen LogP contribution in [0.3, 0.4) is 0 Å². The maximum absolute atomic E-state index is 14.4. The van der Waals surface area contributed by atoms with E-state index in [2.05, 4.69) is 25.5 Å². The molecule has 0 radical (unpaired) electrons. The number of amides is 1. The Bertz CT molecular complexity index is 1210. The maximum atomic E-state index is 14.4. The van der Waals surface area contributed by atoms with Crippen molar-refractivity contribution in [3.05, 3.63) is 47.2 Å². The SMILES string of the molecule is C[C@@H](O)[C@@H](C)Nc1ncnc2[nH]nc(C(=O)N3C[C@@H](F)C[C@@H]3c3cc(F)cc(C#N)c3)c12. The molecule has 0 saturated carbocycles. The predicted octanol–water partition coefficient (Wildman–Crippen LogP) is 2.47. The number of H-pyrrole nitrogens is 1. The summed E-state index contributed by atoms with van der Waals surface area (Å²) in [5.74, 6) is -0.914. The third-order valence-electron chi connectivity index (χ3n) is 5.59. The Morgan fingerprint density at radius 2 is 2.16 bits per heavy atom. The average molecular weight is 441 g/mol. The van der Waals surface area contributed by atoms with Crippen LogP contribution in [-0.2, 0) is 0 Å². The van der Waals surface area contributed by atoms with Crippen molar-refractivity contribution in [2.75, 3.05) is 11.9 Å². The summed E-state index contributed by atoms with van der Waals surface area (Å²) in [4.78, 5) is 23.0. The summed E-state index contributed by atoms with van der Waals surface area (Å²) in [6.07, 6.45) is -0.739. The molecule has 0 aliphatic carbocycles. The first-order chi connectivity index (χ1) is 15.3. The fourth-order valence-electron chi connectivity index (χ4n) is 3.79. The van der Waals surface area contributed by atoms with Crippen LogP contribution >= 0.6 is 0 Å². The summed E-state index contributed by atoms with van der Waals surface area (Å²) >= 11 is 0. The Balaban J connectivity index is 1.73. The van der Waals surface area contributed by atoms with E-state index < -0.39 is 30.0 Å². The summed E-state index contributed by atoms with van der Waals surface area (Å²) in [5, 5.41) is 29.1. The first kappa shape index (κ1) is 21.6. The number of alkyl halides is 1. The quantitative estimate of drug-likeness (QED) is 0.554. The lowest BCUT2D eigenvalue weighted by molar-refractivity contribution is 0.0724. The second-order valence-corrected chi connectivity index (χ2v) is 7.88. The molecule has 3 N–H and O–H groups in total. The summed E-state index contributed by atoms with van der Waals surface area (Å²) in [6, 6.07) is 4.47. The lowest BCUT2D eigenvalue weighted by Gasteiger charge is -2.24. The van der Waals surface area contributed by atoms with Gasteiger partial charge in [0, 0.05) is 6.42 Å². The second kappa shape index (κ2) is 8.47. The zero-order chi connectivity index (χ0) is 23.0. The number of likely N-dealkylation sites (tertiary alicyclic amines) is 1. The zero-order valence-electron chi connectivity index (χ0n) is 17.4. The molecule has 0 spiro atoms. The Morgan fingerprint density at radius 3 is 2.88 bits per heavy atom. The van der Waals surface area contributed by atoms with Gasteiger partial charge in [-0.3, -0.25) is 9.89 Å².